The number of hydrogen-bond acceptors (Lipinski definition) is 3. The molecule has 0 saturated heterocycles. The summed E-state index contributed by atoms with van der Waals surface area (Å²) in [6.07, 6.45) is 0. The molecular weight excluding hydrogens is 426 g/mol. The lowest BCUT2D eigenvalue weighted by Gasteiger charge is -2.07. The van der Waals surface area contributed by atoms with Crippen LogP contribution in [0, 0.1) is 0 Å². The van der Waals surface area contributed by atoms with Crippen LogP contribution in [0.4, 0.5) is 5.69 Å². The average Bonchev–Trinajstić information content (AvgIpc) is 2.68. The van der Waals surface area contributed by atoms with Gasteiger partial charge in [0.1, 0.15) is 0 Å². The van der Waals surface area contributed by atoms with E-state index >= 15 is 0 Å². The van der Waals surface area contributed by atoms with Crippen LogP contribution in [0.2, 0.25) is 0 Å². The fourth-order valence-electron chi connectivity index (χ4n) is 2.35. The number of aromatic carboxylic acids is 1. The summed E-state index contributed by atoms with van der Waals surface area (Å²) >= 11 is 5.16. The lowest BCUT2D eigenvalue weighted by molar-refractivity contribution is 0.0696. The SMILES string of the molecule is O=C(O)c1ccc(NC(=O)c2ccc(CSc3ccc(Br)cc3)cc2)cc1. The number of thioether (sulfide) groups is 1. The van der Waals surface area contributed by atoms with E-state index in [9.17, 15) is 9.59 Å². The van der Waals surface area contributed by atoms with E-state index < -0.39 is 5.97 Å². The smallest absolute Gasteiger partial charge is 0.335 e. The molecule has 0 saturated carbocycles. The highest BCUT2D eigenvalue weighted by atomic mass is 79.9. The first kappa shape index (κ1) is 19.2. The van der Waals surface area contributed by atoms with Gasteiger partial charge in [-0.3, -0.25) is 4.79 Å². The summed E-state index contributed by atoms with van der Waals surface area (Å²) in [5.41, 5.74) is 2.42. The molecule has 0 aliphatic rings. The Balaban J connectivity index is 1.58. The second-order valence-electron chi connectivity index (χ2n) is 5.78. The molecule has 0 aromatic heterocycles. The van der Waals surface area contributed by atoms with Gasteiger partial charge in [-0.1, -0.05) is 28.1 Å². The molecule has 0 spiro atoms. The second kappa shape index (κ2) is 8.88. The number of benzene rings is 3. The van der Waals surface area contributed by atoms with E-state index in [0.717, 1.165) is 15.8 Å². The summed E-state index contributed by atoms with van der Waals surface area (Å²) in [6, 6.07) is 21.7. The van der Waals surface area contributed by atoms with E-state index in [4.69, 9.17) is 5.11 Å². The van der Waals surface area contributed by atoms with Gasteiger partial charge < -0.3 is 10.4 Å². The van der Waals surface area contributed by atoms with Gasteiger partial charge in [0.15, 0.2) is 0 Å². The summed E-state index contributed by atoms with van der Waals surface area (Å²) in [4.78, 5) is 24.4. The first-order valence-electron chi connectivity index (χ1n) is 8.13. The highest BCUT2D eigenvalue weighted by molar-refractivity contribution is 9.10. The predicted molar refractivity (Wildman–Crippen MR) is 111 cm³/mol. The van der Waals surface area contributed by atoms with Crippen molar-refractivity contribution in [3.63, 3.8) is 0 Å². The van der Waals surface area contributed by atoms with Crippen LogP contribution >= 0.6 is 27.7 Å². The van der Waals surface area contributed by atoms with E-state index in [-0.39, 0.29) is 11.5 Å². The van der Waals surface area contributed by atoms with E-state index in [1.54, 1.807) is 36.0 Å². The zero-order valence-electron chi connectivity index (χ0n) is 14.2. The zero-order chi connectivity index (χ0) is 19.2. The van der Waals surface area contributed by atoms with Crippen LogP contribution in [0.25, 0.3) is 0 Å². The number of carboxylic acids is 1. The standard InChI is InChI=1S/C21H16BrNO3S/c22-17-7-11-19(12-8-17)27-13-14-1-3-15(4-2-14)20(24)23-18-9-5-16(6-10-18)21(25)26/h1-12H,13H2,(H,23,24)(H,25,26). The molecule has 1 amide bonds. The Morgan fingerprint density at radius 1 is 0.852 bits per heavy atom. The van der Waals surface area contributed by atoms with Crippen molar-refractivity contribution in [2.24, 2.45) is 0 Å². The topological polar surface area (TPSA) is 66.4 Å². The maximum Gasteiger partial charge on any atom is 0.335 e. The fourth-order valence-corrected chi connectivity index (χ4v) is 3.47. The molecule has 0 aliphatic carbocycles. The second-order valence-corrected chi connectivity index (χ2v) is 7.74. The van der Waals surface area contributed by atoms with Crippen LogP contribution in [0.1, 0.15) is 26.3 Å². The quantitative estimate of drug-likeness (QED) is 0.482. The highest BCUT2D eigenvalue weighted by Crippen LogP contribution is 2.24. The third-order valence-electron chi connectivity index (χ3n) is 3.82. The van der Waals surface area contributed by atoms with E-state index in [1.807, 2.05) is 24.3 Å². The number of rotatable bonds is 6. The van der Waals surface area contributed by atoms with Crippen molar-refractivity contribution < 1.29 is 14.7 Å². The molecular formula is C21H16BrNO3S. The van der Waals surface area contributed by atoms with Crippen LogP contribution < -0.4 is 5.32 Å². The molecule has 0 unspecified atom stereocenters. The Morgan fingerprint density at radius 2 is 1.44 bits per heavy atom. The molecule has 0 radical (unpaired) electrons. The summed E-state index contributed by atoms with van der Waals surface area (Å²) in [7, 11) is 0. The van der Waals surface area contributed by atoms with Gasteiger partial charge in [-0.2, -0.15) is 0 Å². The number of nitrogens with one attached hydrogen (secondary N) is 1. The Bertz CT molecular complexity index is 939. The van der Waals surface area contributed by atoms with E-state index in [1.165, 1.54) is 17.0 Å². The lowest BCUT2D eigenvalue weighted by Crippen LogP contribution is -2.12. The van der Waals surface area contributed by atoms with Gasteiger partial charge >= 0.3 is 5.97 Å². The molecule has 0 aliphatic heterocycles. The summed E-state index contributed by atoms with van der Waals surface area (Å²) in [6.45, 7) is 0. The number of carbonyl (C=O) groups excluding carboxylic acids is 1. The number of halogens is 1. The largest absolute Gasteiger partial charge is 0.478 e. The third-order valence-corrected chi connectivity index (χ3v) is 5.44. The van der Waals surface area contributed by atoms with Gasteiger partial charge in [-0.05, 0) is 66.2 Å². The van der Waals surface area contributed by atoms with Crippen molar-refractivity contribution in [2.75, 3.05) is 5.32 Å². The van der Waals surface area contributed by atoms with Crippen molar-refractivity contribution in [2.45, 2.75) is 10.6 Å². The molecule has 0 heterocycles. The molecule has 3 aromatic rings. The van der Waals surface area contributed by atoms with Gasteiger partial charge in [-0.15, -0.1) is 11.8 Å². The number of carboxylic acid groups (broad SMARTS) is 1. The molecule has 136 valence electrons. The number of hydrogen-bond donors (Lipinski definition) is 2. The number of carbonyl (C=O) groups is 2. The maximum absolute atomic E-state index is 12.3. The van der Waals surface area contributed by atoms with Crippen LogP contribution in [0.15, 0.2) is 82.2 Å². The van der Waals surface area contributed by atoms with Crippen LogP contribution in [-0.2, 0) is 5.75 Å². The molecule has 0 fully saturated rings. The molecule has 3 rings (SSSR count). The van der Waals surface area contributed by atoms with Gasteiger partial charge in [-0.25, -0.2) is 4.79 Å². The van der Waals surface area contributed by atoms with Crippen molar-refractivity contribution in [3.8, 4) is 0 Å². The third kappa shape index (κ3) is 5.45. The van der Waals surface area contributed by atoms with Crippen LogP contribution in [0.5, 0.6) is 0 Å². The monoisotopic (exact) mass is 441 g/mol. The van der Waals surface area contributed by atoms with E-state index in [2.05, 4.69) is 33.4 Å². The summed E-state index contributed by atoms with van der Waals surface area (Å²) < 4.78 is 1.06. The maximum atomic E-state index is 12.3. The van der Waals surface area contributed by atoms with Gasteiger partial charge in [0, 0.05) is 26.4 Å². The Labute approximate surface area is 169 Å². The molecule has 6 heteroatoms. The fraction of sp³-hybridized carbons (Fsp3) is 0.0476. The van der Waals surface area contributed by atoms with Crippen molar-refractivity contribution in [3.05, 3.63) is 94.0 Å². The number of anilines is 1. The minimum Gasteiger partial charge on any atom is -0.478 e. The molecule has 4 nitrogen and oxygen atoms in total. The van der Waals surface area contributed by atoms with E-state index in [0.29, 0.717) is 11.3 Å². The van der Waals surface area contributed by atoms with Crippen molar-refractivity contribution >= 4 is 45.3 Å². The van der Waals surface area contributed by atoms with Crippen LogP contribution in [-0.4, -0.2) is 17.0 Å². The Kier molecular flexibility index (Phi) is 6.32. The summed E-state index contributed by atoms with van der Waals surface area (Å²) in [5, 5.41) is 11.7. The van der Waals surface area contributed by atoms with Crippen LogP contribution in [0.3, 0.4) is 0 Å². The average molecular weight is 442 g/mol. The van der Waals surface area contributed by atoms with Gasteiger partial charge in [0.25, 0.3) is 5.91 Å². The Hall–Kier alpha value is -2.57. The predicted octanol–water partition coefficient (Wildman–Crippen LogP) is 5.69. The molecule has 0 bridgehead atoms. The van der Waals surface area contributed by atoms with Crippen molar-refractivity contribution in [1.29, 1.82) is 0 Å². The molecule has 2 N–H and O–H groups in total. The summed E-state index contributed by atoms with van der Waals surface area (Å²) in [5.74, 6) is -0.408. The first-order valence-corrected chi connectivity index (χ1v) is 9.91. The van der Waals surface area contributed by atoms with Gasteiger partial charge in [0.05, 0.1) is 5.56 Å². The minimum absolute atomic E-state index is 0.181. The minimum atomic E-state index is -0.996. The first-order chi connectivity index (χ1) is 13.0. The molecule has 3 aromatic carbocycles. The zero-order valence-corrected chi connectivity index (χ0v) is 16.6. The number of amides is 1. The highest BCUT2D eigenvalue weighted by Gasteiger charge is 2.08. The Morgan fingerprint density at radius 3 is 2.04 bits per heavy atom. The molecule has 27 heavy (non-hydrogen) atoms. The normalized spacial score (nSPS) is 10.4. The van der Waals surface area contributed by atoms with Crippen molar-refractivity contribution in [1.82, 2.24) is 0 Å². The molecule has 0 atom stereocenters. The van der Waals surface area contributed by atoms with Gasteiger partial charge in [0.2, 0.25) is 0 Å². The lowest BCUT2D eigenvalue weighted by atomic mass is 10.1.